The van der Waals surface area contributed by atoms with Gasteiger partial charge in [0.15, 0.2) is 0 Å². The van der Waals surface area contributed by atoms with Gasteiger partial charge in [0.1, 0.15) is 0 Å². The largest absolute Gasteiger partial charge is 0.399 e. The monoisotopic (exact) mass is 226 g/mol. The number of nitrogen functional groups attached to an aromatic ring is 1. The zero-order valence-corrected chi connectivity index (χ0v) is 10.1. The highest BCUT2D eigenvalue weighted by Crippen LogP contribution is 2.13. The number of rotatable bonds is 4. The van der Waals surface area contributed by atoms with E-state index in [1.54, 1.807) is 0 Å². The molecule has 3 N–H and O–H groups in total. The Balaban J connectivity index is 1.95. The molecule has 0 aromatic heterocycles. The van der Waals surface area contributed by atoms with E-state index in [0.29, 0.717) is 6.04 Å². The number of hydrogen-bond donors (Lipinski definition) is 2. The van der Waals surface area contributed by atoms with Gasteiger partial charge in [-0.1, -0.05) is 42.5 Å². The molecular formula is C15H18N2. The van der Waals surface area contributed by atoms with Crippen LogP contribution in [-0.4, -0.2) is 0 Å². The third-order valence-electron chi connectivity index (χ3n) is 2.86. The molecule has 0 unspecified atom stereocenters. The fraction of sp³-hybridized carbons (Fsp3) is 0.200. The molecule has 17 heavy (non-hydrogen) atoms. The van der Waals surface area contributed by atoms with E-state index in [4.69, 9.17) is 5.73 Å². The molecule has 0 amide bonds. The summed E-state index contributed by atoms with van der Waals surface area (Å²) in [6, 6.07) is 18.8. The van der Waals surface area contributed by atoms with Crippen molar-refractivity contribution in [3.05, 3.63) is 65.7 Å². The molecule has 1 atom stereocenters. The quantitative estimate of drug-likeness (QED) is 0.786. The van der Waals surface area contributed by atoms with Crippen LogP contribution in [0.1, 0.15) is 24.1 Å². The first-order valence-corrected chi connectivity index (χ1v) is 5.88. The van der Waals surface area contributed by atoms with Gasteiger partial charge in [0.05, 0.1) is 0 Å². The minimum atomic E-state index is 0.345. The minimum Gasteiger partial charge on any atom is -0.399 e. The summed E-state index contributed by atoms with van der Waals surface area (Å²) >= 11 is 0. The van der Waals surface area contributed by atoms with E-state index in [-0.39, 0.29) is 0 Å². The number of nitrogens with one attached hydrogen (secondary N) is 1. The molecule has 88 valence electrons. The van der Waals surface area contributed by atoms with Gasteiger partial charge >= 0.3 is 0 Å². The molecule has 2 nitrogen and oxygen atoms in total. The maximum atomic E-state index is 5.75. The molecule has 0 fully saturated rings. The van der Waals surface area contributed by atoms with E-state index in [1.807, 2.05) is 24.3 Å². The first kappa shape index (κ1) is 11.7. The van der Waals surface area contributed by atoms with Crippen molar-refractivity contribution in [2.45, 2.75) is 19.5 Å². The van der Waals surface area contributed by atoms with Crippen molar-refractivity contribution < 1.29 is 0 Å². The Labute approximate surface area is 102 Å². The molecule has 0 saturated carbocycles. The fourth-order valence-electron chi connectivity index (χ4n) is 1.83. The number of nitrogens with two attached hydrogens (primary N) is 1. The molecule has 2 aromatic carbocycles. The van der Waals surface area contributed by atoms with Crippen molar-refractivity contribution in [3.63, 3.8) is 0 Å². The van der Waals surface area contributed by atoms with Gasteiger partial charge in [-0.2, -0.15) is 0 Å². The highest BCUT2D eigenvalue weighted by molar-refractivity contribution is 5.40. The average Bonchev–Trinajstić information content (AvgIpc) is 2.37. The molecule has 0 aliphatic rings. The lowest BCUT2D eigenvalue weighted by Gasteiger charge is -2.14. The minimum absolute atomic E-state index is 0.345. The third-order valence-corrected chi connectivity index (χ3v) is 2.86. The predicted octanol–water partition coefficient (Wildman–Crippen LogP) is 3.12. The van der Waals surface area contributed by atoms with Crippen LogP contribution in [0.2, 0.25) is 0 Å². The maximum Gasteiger partial charge on any atom is 0.0317 e. The molecule has 0 saturated heterocycles. The summed E-state index contributed by atoms with van der Waals surface area (Å²) in [7, 11) is 0. The zero-order valence-electron chi connectivity index (χ0n) is 10.1. The van der Waals surface area contributed by atoms with Gasteiger partial charge in [-0.15, -0.1) is 0 Å². The lowest BCUT2D eigenvalue weighted by Crippen LogP contribution is -2.18. The van der Waals surface area contributed by atoms with Crippen molar-refractivity contribution in [2.24, 2.45) is 0 Å². The van der Waals surface area contributed by atoms with Crippen LogP contribution in [0.5, 0.6) is 0 Å². The highest BCUT2D eigenvalue weighted by atomic mass is 14.9. The SMILES string of the molecule is C[C@H](NCc1cccc(N)c1)c1ccccc1. The molecule has 2 heteroatoms. The second-order valence-electron chi connectivity index (χ2n) is 4.26. The van der Waals surface area contributed by atoms with Crippen LogP contribution in [0.25, 0.3) is 0 Å². The van der Waals surface area contributed by atoms with Crippen LogP contribution in [0.4, 0.5) is 5.69 Å². The van der Waals surface area contributed by atoms with Crippen LogP contribution < -0.4 is 11.1 Å². The maximum absolute atomic E-state index is 5.75. The number of anilines is 1. The normalized spacial score (nSPS) is 12.3. The van der Waals surface area contributed by atoms with Crippen molar-refractivity contribution in [3.8, 4) is 0 Å². The van der Waals surface area contributed by atoms with Gasteiger partial charge in [-0.25, -0.2) is 0 Å². The Morgan fingerprint density at radius 2 is 1.82 bits per heavy atom. The Morgan fingerprint density at radius 1 is 1.06 bits per heavy atom. The van der Waals surface area contributed by atoms with E-state index in [0.717, 1.165) is 12.2 Å². The summed E-state index contributed by atoms with van der Waals surface area (Å²) in [6.07, 6.45) is 0. The second kappa shape index (κ2) is 5.51. The third kappa shape index (κ3) is 3.33. The van der Waals surface area contributed by atoms with E-state index in [9.17, 15) is 0 Å². The first-order valence-electron chi connectivity index (χ1n) is 5.88. The molecule has 0 bridgehead atoms. The Bertz CT molecular complexity index is 465. The molecule has 0 heterocycles. The summed E-state index contributed by atoms with van der Waals surface area (Å²) in [5.74, 6) is 0. The summed E-state index contributed by atoms with van der Waals surface area (Å²) in [5, 5.41) is 3.49. The van der Waals surface area contributed by atoms with Gasteiger partial charge in [0.2, 0.25) is 0 Å². The van der Waals surface area contributed by atoms with Crippen LogP contribution in [-0.2, 0) is 6.54 Å². The van der Waals surface area contributed by atoms with Gasteiger partial charge < -0.3 is 11.1 Å². The lowest BCUT2D eigenvalue weighted by molar-refractivity contribution is 0.575. The fourth-order valence-corrected chi connectivity index (χ4v) is 1.83. The summed E-state index contributed by atoms with van der Waals surface area (Å²) in [5.41, 5.74) is 9.08. The number of benzene rings is 2. The van der Waals surface area contributed by atoms with Crippen molar-refractivity contribution >= 4 is 5.69 Å². The summed E-state index contributed by atoms with van der Waals surface area (Å²) in [6.45, 7) is 3.00. The van der Waals surface area contributed by atoms with E-state index in [1.165, 1.54) is 11.1 Å². The summed E-state index contributed by atoms with van der Waals surface area (Å²) < 4.78 is 0. The van der Waals surface area contributed by atoms with Crippen LogP contribution in [0.15, 0.2) is 54.6 Å². The molecule has 0 aliphatic heterocycles. The smallest absolute Gasteiger partial charge is 0.0317 e. The van der Waals surface area contributed by atoms with Crippen LogP contribution >= 0.6 is 0 Å². The van der Waals surface area contributed by atoms with Crippen LogP contribution in [0.3, 0.4) is 0 Å². The van der Waals surface area contributed by atoms with Gasteiger partial charge in [-0.05, 0) is 30.2 Å². The topological polar surface area (TPSA) is 38.0 Å². The second-order valence-corrected chi connectivity index (χ2v) is 4.26. The Morgan fingerprint density at radius 3 is 2.53 bits per heavy atom. The lowest BCUT2D eigenvalue weighted by atomic mass is 10.1. The van der Waals surface area contributed by atoms with Gasteiger partial charge in [-0.3, -0.25) is 0 Å². The Hall–Kier alpha value is -1.80. The molecular weight excluding hydrogens is 208 g/mol. The van der Waals surface area contributed by atoms with Gasteiger partial charge in [0, 0.05) is 18.3 Å². The van der Waals surface area contributed by atoms with Crippen LogP contribution in [0, 0.1) is 0 Å². The molecule has 2 rings (SSSR count). The molecule has 0 radical (unpaired) electrons. The van der Waals surface area contributed by atoms with E-state index in [2.05, 4.69) is 42.6 Å². The van der Waals surface area contributed by atoms with Crippen molar-refractivity contribution in [1.82, 2.24) is 5.32 Å². The zero-order chi connectivity index (χ0) is 12.1. The van der Waals surface area contributed by atoms with Gasteiger partial charge in [0.25, 0.3) is 0 Å². The average molecular weight is 226 g/mol. The highest BCUT2D eigenvalue weighted by Gasteiger charge is 2.03. The van der Waals surface area contributed by atoms with Crippen molar-refractivity contribution in [1.29, 1.82) is 0 Å². The molecule has 0 aliphatic carbocycles. The Kier molecular flexibility index (Phi) is 3.78. The predicted molar refractivity (Wildman–Crippen MR) is 72.6 cm³/mol. The summed E-state index contributed by atoms with van der Waals surface area (Å²) in [4.78, 5) is 0. The first-order chi connectivity index (χ1) is 8.25. The molecule has 0 spiro atoms. The molecule has 2 aromatic rings. The standard InChI is InChI=1S/C15H18N2/c1-12(14-7-3-2-4-8-14)17-11-13-6-5-9-15(16)10-13/h2-10,12,17H,11,16H2,1H3/t12-/m0/s1. The van der Waals surface area contributed by atoms with Crippen molar-refractivity contribution in [2.75, 3.05) is 5.73 Å². The van der Waals surface area contributed by atoms with E-state index < -0.39 is 0 Å². The van der Waals surface area contributed by atoms with E-state index >= 15 is 0 Å². The number of hydrogen-bond acceptors (Lipinski definition) is 2.